The van der Waals surface area contributed by atoms with Crippen LogP contribution in [0.15, 0.2) is 57.9 Å². The number of benzene rings is 2. The highest BCUT2D eigenvalue weighted by Crippen LogP contribution is 2.42. The molecular weight excluding hydrogens is 284 g/mol. The number of nitrogens with zero attached hydrogens (tertiary/aromatic N) is 2. The maximum absolute atomic E-state index is 9.32. The van der Waals surface area contributed by atoms with Gasteiger partial charge in [0.2, 0.25) is 11.7 Å². The standard InChI is InChI=1S/C16H12N2O2S/c19-11-7-5-10(6-8-11)15-17-16(20-18-15)13-9-21-14-4-2-1-3-12(13)14/h1-8,13,19H,9H2. The van der Waals surface area contributed by atoms with Crippen molar-refractivity contribution in [3.8, 4) is 17.1 Å². The molecule has 1 aliphatic heterocycles. The number of aromatic nitrogens is 2. The first-order valence-electron chi connectivity index (χ1n) is 6.66. The number of fused-ring (bicyclic) bond motifs is 1. The number of hydrogen-bond donors (Lipinski definition) is 1. The second-order valence-electron chi connectivity index (χ2n) is 4.90. The first-order valence-corrected chi connectivity index (χ1v) is 7.64. The number of hydrogen-bond acceptors (Lipinski definition) is 5. The quantitative estimate of drug-likeness (QED) is 0.781. The van der Waals surface area contributed by atoms with Crippen molar-refractivity contribution in [1.82, 2.24) is 10.1 Å². The zero-order chi connectivity index (χ0) is 14.2. The average molecular weight is 296 g/mol. The third-order valence-corrected chi connectivity index (χ3v) is 4.75. The lowest BCUT2D eigenvalue weighted by Gasteiger charge is -2.03. The van der Waals surface area contributed by atoms with E-state index in [9.17, 15) is 5.11 Å². The van der Waals surface area contributed by atoms with Crippen LogP contribution < -0.4 is 0 Å². The molecule has 3 aromatic rings. The van der Waals surface area contributed by atoms with Gasteiger partial charge in [-0.05, 0) is 35.9 Å². The van der Waals surface area contributed by atoms with Gasteiger partial charge in [0, 0.05) is 16.2 Å². The molecule has 2 aromatic carbocycles. The zero-order valence-corrected chi connectivity index (χ0v) is 11.9. The van der Waals surface area contributed by atoms with Gasteiger partial charge in [-0.1, -0.05) is 23.4 Å². The van der Waals surface area contributed by atoms with E-state index in [4.69, 9.17) is 4.52 Å². The van der Waals surface area contributed by atoms with Crippen LogP contribution in [0, 0.1) is 0 Å². The average Bonchev–Trinajstić information content (AvgIpc) is 3.14. The van der Waals surface area contributed by atoms with E-state index < -0.39 is 0 Å². The van der Waals surface area contributed by atoms with Crippen LogP contribution in [0.2, 0.25) is 0 Å². The Bertz CT molecular complexity index is 783. The summed E-state index contributed by atoms with van der Waals surface area (Å²) in [5.74, 6) is 2.51. The molecule has 0 saturated carbocycles. The minimum Gasteiger partial charge on any atom is -0.508 e. The molecule has 0 spiro atoms. The topological polar surface area (TPSA) is 59.2 Å². The summed E-state index contributed by atoms with van der Waals surface area (Å²) in [7, 11) is 0. The molecule has 1 aromatic heterocycles. The van der Waals surface area contributed by atoms with Crippen LogP contribution in [0.25, 0.3) is 11.4 Å². The predicted octanol–water partition coefficient (Wildman–Crippen LogP) is 3.68. The fourth-order valence-electron chi connectivity index (χ4n) is 2.47. The van der Waals surface area contributed by atoms with E-state index in [1.165, 1.54) is 10.5 Å². The summed E-state index contributed by atoms with van der Waals surface area (Å²) in [6.45, 7) is 0. The molecule has 0 bridgehead atoms. The Balaban J connectivity index is 1.68. The largest absolute Gasteiger partial charge is 0.508 e. The molecular formula is C16H12N2O2S. The zero-order valence-electron chi connectivity index (χ0n) is 11.1. The van der Waals surface area contributed by atoms with E-state index in [0.717, 1.165) is 11.3 Å². The van der Waals surface area contributed by atoms with Gasteiger partial charge in [-0.15, -0.1) is 11.8 Å². The molecule has 1 aliphatic rings. The van der Waals surface area contributed by atoms with E-state index in [1.54, 1.807) is 24.3 Å². The van der Waals surface area contributed by atoms with Crippen LogP contribution in [-0.4, -0.2) is 21.0 Å². The minimum atomic E-state index is 0.157. The van der Waals surface area contributed by atoms with E-state index in [2.05, 4.69) is 22.3 Å². The first kappa shape index (κ1) is 12.5. The number of aromatic hydroxyl groups is 1. The van der Waals surface area contributed by atoms with Crippen molar-refractivity contribution in [2.75, 3.05) is 5.75 Å². The van der Waals surface area contributed by atoms with Crippen molar-refractivity contribution in [3.05, 3.63) is 60.0 Å². The lowest BCUT2D eigenvalue weighted by Crippen LogP contribution is -1.99. The molecule has 21 heavy (non-hydrogen) atoms. The van der Waals surface area contributed by atoms with E-state index in [1.807, 2.05) is 23.9 Å². The molecule has 104 valence electrons. The van der Waals surface area contributed by atoms with Gasteiger partial charge in [0.15, 0.2) is 0 Å². The Hall–Kier alpha value is -2.27. The Labute approximate surface area is 125 Å². The normalized spacial score (nSPS) is 16.9. The third-order valence-electron chi connectivity index (χ3n) is 3.57. The lowest BCUT2D eigenvalue weighted by atomic mass is 10.0. The molecule has 1 atom stereocenters. The fourth-order valence-corrected chi connectivity index (χ4v) is 3.69. The van der Waals surface area contributed by atoms with Crippen molar-refractivity contribution < 1.29 is 9.63 Å². The fraction of sp³-hybridized carbons (Fsp3) is 0.125. The highest BCUT2D eigenvalue weighted by atomic mass is 32.2. The molecule has 5 heteroatoms. The summed E-state index contributed by atoms with van der Waals surface area (Å²) in [5, 5.41) is 13.4. The third kappa shape index (κ3) is 2.19. The summed E-state index contributed by atoms with van der Waals surface area (Å²) in [5.41, 5.74) is 2.09. The van der Waals surface area contributed by atoms with Crippen LogP contribution in [0.5, 0.6) is 5.75 Å². The highest BCUT2D eigenvalue weighted by molar-refractivity contribution is 7.99. The second kappa shape index (κ2) is 4.93. The Morgan fingerprint density at radius 2 is 1.90 bits per heavy atom. The Kier molecular flexibility index (Phi) is 2.93. The van der Waals surface area contributed by atoms with Gasteiger partial charge in [0.1, 0.15) is 5.75 Å². The highest BCUT2D eigenvalue weighted by Gasteiger charge is 2.29. The van der Waals surface area contributed by atoms with Gasteiger partial charge in [-0.2, -0.15) is 4.98 Å². The van der Waals surface area contributed by atoms with E-state index in [-0.39, 0.29) is 11.7 Å². The van der Waals surface area contributed by atoms with Crippen LogP contribution in [0.1, 0.15) is 17.4 Å². The maximum Gasteiger partial charge on any atom is 0.235 e. The van der Waals surface area contributed by atoms with Gasteiger partial charge < -0.3 is 9.63 Å². The molecule has 1 N–H and O–H groups in total. The number of rotatable bonds is 2. The molecule has 0 fully saturated rings. The summed E-state index contributed by atoms with van der Waals surface area (Å²) in [4.78, 5) is 5.80. The van der Waals surface area contributed by atoms with Gasteiger partial charge in [0.25, 0.3) is 0 Å². The van der Waals surface area contributed by atoms with E-state index >= 15 is 0 Å². The number of phenols is 1. The van der Waals surface area contributed by atoms with Crippen LogP contribution in [0.3, 0.4) is 0 Å². The van der Waals surface area contributed by atoms with Crippen LogP contribution in [0.4, 0.5) is 0 Å². The minimum absolute atomic E-state index is 0.157. The summed E-state index contributed by atoms with van der Waals surface area (Å²) >= 11 is 1.82. The second-order valence-corrected chi connectivity index (χ2v) is 5.97. The Morgan fingerprint density at radius 1 is 1.10 bits per heavy atom. The molecule has 4 nitrogen and oxygen atoms in total. The maximum atomic E-state index is 9.32. The molecule has 0 aliphatic carbocycles. The van der Waals surface area contributed by atoms with Crippen molar-refractivity contribution in [1.29, 1.82) is 0 Å². The number of thioether (sulfide) groups is 1. The molecule has 0 amide bonds. The number of phenolic OH excluding ortho intramolecular Hbond substituents is 1. The van der Waals surface area contributed by atoms with Gasteiger partial charge >= 0.3 is 0 Å². The van der Waals surface area contributed by atoms with Crippen molar-refractivity contribution >= 4 is 11.8 Å². The molecule has 0 radical (unpaired) electrons. The summed E-state index contributed by atoms with van der Waals surface area (Å²) < 4.78 is 5.45. The van der Waals surface area contributed by atoms with Crippen LogP contribution >= 0.6 is 11.8 Å². The predicted molar refractivity (Wildman–Crippen MR) is 80.4 cm³/mol. The van der Waals surface area contributed by atoms with Gasteiger partial charge in [-0.25, -0.2) is 0 Å². The van der Waals surface area contributed by atoms with Gasteiger partial charge in [0.05, 0.1) is 5.92 Å². The summed E-state index contributed by atoms with van der Waals surface area (Å²) in [6.07, 6.45) is 0. The van der Waals surface area contributed by atoms with Crippen LogP contribution in [-0.2, 0) is 0 Å². The SMILES string of the molecule is Oc1ccc(-c2noc(C3CSc4ccccc43)n2)cc1. The van der Waals surface area contributed by atoms with E-state index in [0.29, 0.717) is 11.7 Å². The molecule has 1 unspecified atom stereocenters. The van der Waals surface area contributed by atoms with Crippen molar-refractivity contribution in [2.45, 2.75) is 10.8 Å². The Morgan fingerprint density at radius 3 is 2.76 bits per heavy atom. The molecule has 4 rings (SSSR count). The van der Waals surface area contributed by atoms with Crippen molar-refractivity contribution in [3.63, 3.8) is 0 Å². The summed E-state index contributed by atoms with van der Waals surface area (Å²) in [6, 6.07) is 15.1. The van der Waals surface area contributed by atoms with Crippen molar-refractivity contribution in [2.24, 2.45) is 0 Å². The molecule has 0 saturated heterocycles. The van der Waals surface area contributed by atoms with Gasteiger partial charge in [-0.3, -0.25) is 0 Å². The molecule has 2 heterocycles. The first-order chi connectivity index (χ1) is 10.3. The lowest BCUT2D eigenvalue weighted by molar-refractivity contribution is 0.372. The smallest absolute Gasteiger partial charge is 0.235 e. The monoisotopic (exact) mass is 296 g/mol.